The smallest absolute Gasteiger partial charge is 0.150 e. The highest BCUT2D eigenvalue weighted by Crippen LogP contribution is 2.20. The lowest BCUT2D eigenvalue weighted by Gasteiger charge is -2.06. The maximum Gasteiger partial charge on any atom is 0.150 e. The van der Waals surface area contributed by atoms with Crippen molar-refractivity contribution in [3.63, 3.8) is 0 Å². The van der Waals surface area contributed by atoms with E-state index in [1.807, 2.05) is 0 Å². The molecule has 1 unspecified atom stereocenters. The van der Waals surface area contributed by atoms with Gasteiger partial charge in [-0.2, -0.15) is 0 Å². The minimum absolute atomic E-state index is 0.100. The van der Waals surface area contributed by atoms with E-state index in [4.69, 9.17) is 5.73 Å². The summed E-state index contributed by atoms with van der Waals surface area (Å²) in [6.07, 6.45) is 0. The van der Waals surface area contributed by atoms with Gasteiger partial charge in [-0.05, 0) is 12.1 Å². The van der Waals surface area contributed by atoms with Gasteiger partial charge in [0.25, 0.3) is 0 Å². The Balaban J connectivity index is 2.93. The summed E-state index contributed by atoms with van der Waals surface area (Å²) >= 11 is 0. The van der Waals surface area contributed by atoms with Gasteiger partial charge < -0.3 is 5.73 Å². The Morgan fingerprint density at radius 2 is 1.78 bits per heavy atom. The summed E-state index contributed by atoms with van der Waals surface area (Å²) in [5.41, 5.74) is 5.10. The highest BCUT2D eigenvalue weighted by Gasteiger charge is 2.19. The van der Waals surface area contributed by atoms with Crippen molar-refractivity contribution in [2.24, 2.45) is 0 Å². The van der Waals surface area contributed by atoms with Crippen LogP contribution in [0.1, 0.15) is 6.92 Å². The molecular formula is C10H13F2NO3S2. The number of benzene rings is 1. The molecule has 0 saturated carbocycles. The lowest BCUT2D eigenvalue weighted by atomic mass is 10.3. The first kappa shape index (κ1) is 15.0. The molecule has 0 aliphatic carbocycles. The van der Waals surface area contributed by atoms with Gasteiger partial charge in [0.1, 0.15) is 16.5 Å². The molecule has 0 radical (unpaired) electrons. The summed E-state index contributed by atoms with van der Waals surface area (Å²) in [6.45, 7) is 1.45. The number of nitrogen functional groups attached to an aromatic ring is 1. The fraction of sp³-hybridized carbons (Fsp3) is 0.400. The second kappa shape index (κ2) is 5.75. The van der Waals surface area contributed by atoms with E-state index in [9.17, 15) is 21.4 Å². The molecule has 1 rings (SSSR count). The molecule has 0 heterocycles. The molecular weight excluding hydrogens is 284 g/mol. The maximum atomic E-state index is 13.4. The molecule has 0 saturated heterocycles. The van der Waals surface area contributed by atoms with Gasteiger partial charge >= 0.3 is 0 Å². The highest BCUT2D eigenvalue weighted by atomic mass is 32.2. The van der Waals surface area contributed by atoms with Gasteiger partial charge in [0, 0.05) is 17.2 Å². The normalized spacial score (nSPS) is 13.5. The van der Waals surface area contributed by atoms with Crippen LogP contribution in [0.5, 0.6) is 0 Å². The Morgan fingerprint density at radius 3 is 2.22 bits per heavy atom. The Morgan fingerprint density at radius 1 is 1.28 bits per heavy atom. The monoisotopic (exact) mass is 297 g/mol. The maximum absolute atomic E-state index is 13.4. The molecule has 0 spiro atoms. The van der Waals surface area contributed by atoms with Crippen LogP contribution in [0.15, 0.2) is 17.0 Å². The molecule has 0 amide bonds. The molecule has 0 bridgehead atoms. The van der Waals surface area contributed by atoms with E-state index < -0.39 is 37.2 Å². The van der Waals surface area contributed by atoms with Crippen LogP contribution in [0.2, 0.25) is 0 Å². The third-order valence-corrected chi connectivity index (χ3v) is 5.65. The van der Waals surface area contributed by atoms with Crippen LogP contribution in [-0.2, 0) is 20.6 Å². The lowest BCUT2D eigenvalue weighted by molar-refractivity contribution is 0.535. The van der Waals surface area contributed by atoms with Crippen LogP contribution in [-0.4, -0.2) is 29.9 Å². The van der Waals surface area contributed by atoms with E-state index in [1.165, 1.54) is 6.92 Å². The molecule has 1 aromatic carbocycles. The first-order valence-electron chi connectivity index (χ1n) is 5.10. The van der Waals surface area contributed by atoms with Crippen LogP contribution in [0.3, 0.4) is 0 Å². The lowest BCUT2D eigenvalue weighted by Crippen LogP contribution is -2.16. The molecule has 0 aliphatic rings. The zero-order valence-corrected chi connectivity index (χ0v) is 11.3. The molecule has 0 aliphatic heterocycles. The number of anilines is 1. The predicted molar refractivity (Wildman–Crippen MR) is 66.4 cm³/mol. The summed E-state index contributed by atoms with van der Waals surface area (Å²) in [5, 5.41) is 0. The summed E-state index contributed by atoms with van der Waals surface area (Å²) in [5.74, 6) is -2.87. The van der Waals surface area contributed by atoms with E-state index >= 15 is 0 Å². The van der Waals surface area contributed by atoms with E-state index in [0.717, 1.165) is 12.1 Å². The SMILES string of the molecule is CCS(=O)(=O)CCS(=O)c1c(F)cc(N)cc1F. The molecule has 18 heavy (non-hydrogen) atoms. The quantitative estimate of drug-likeness (QED) is 0.825. The van der Waals surface area contributed by atoms with Crippen LogP contribution in [0, 0.1) is 11.6 Å². The Labute approximate surface area is 107 Å². The predicted octanol–water partition coefficient (Wildman–Crippen LogP) is 1.09. The standard InChI is InChI=1S/C10H13F2NO3S2/c1-2-18(15,16)4-3-17(14)10-8(11)5-7(13)6-9(10)12/h5-6H,2-4,13H2,1H3. The van der Waals surface area contributed by atoms with Gasteiger partial charge in [0.05, 0.1) is 16.6 Å². The third kappa shape index (κ3) is 3.74. The molecule has 0 aromatic heterocycles. The van der Waals surface area contributed by atoms with Gasteiger partial charge in [-0.3, -0.25) is 4.21 Å². The van der Waals surface area contributed by atoms with E-state index in [1.54, 1.807) is 0 Å². The molecule has 0 fully saturated rings. The van der Waals surface area contributed by atoms with Crippen LogP contribution in [0.25, 0.3) is 0 Å². The van der Waals surface area contributed by atoms with Crippen LogP contribution < -0.4 is 5.73 Å². The molecule has 1 aromatic rings. The number of halogens is 2. The minimum Gasteiger partial charge on any atom is -0.399 e. The highest BCUT2D eigenvalue weighted by molar-refractivity contribution is 7.93. The van der Waals surface area contributed by atoms with Crippen molar-refractivity contribution in [1.82, 2.24) is 0 Å². The fourth-order valence-corrected chi connectivity index (χ4v) is 3.91. The molecule has 4 nitrogen and oxygen atoms in total. The number of sulfone groups is 1. The minimum atomic E-state index is -3.32. The van der Waals surface area contributed by atoms with Crippen LogP contribution >= 0.6 is 0 Å². The van der Waals surface area contributed by atoms with Crippen molar-refractivity contribution in [2.45, 2.75) is 11.8 Å². The van der Waals surface area contributed by atoms with Gasteiger partial charge in [-0.1, -0.05) is 6.92 Å². The average Bonchev–Trinajstić information content (AvgIpc) is 2.25. The first-order chi connectivity index (χ1) is 8.26. The number of nitrogens with two attached hydrogens (primary N) is 1. The van der Waals surface area contributed by atoms with Gasteiger partial charge in [0.15, 0.2) is 9.84 Å². The van der Waals surface area contributed by atoms with E-state index in [0.29, 0.717) is 0 Å². The second-order valence-electron chi connectivity index (χ2n) is 3.60. The summed E-state index contributed by atoms with van der Waals surface area (Å²) in [6, 6.07) is 1.70. The summed E-state index contributed by atoms with van der Waals surface area (Å²) < 4.78 is 60.9. The van der Waals surface area contributed by atoms with Gasteiger partial charge in [-0.25, -0.2) is 17.2 Å². The topological polar surface area (TPSA) is 77.2 Å². The molecule has 8 heteroatoms. The fourth-order valence-electron chi connectivity index (χ4n) is 1.25. The molecule has 102 valence electrons. The third-order valence-electron chi connectivity index (χ3n) is 2.27. The Kier molecular flexibility index (Phi) is 4.80. The number of rotatable bonds is 5. The number of hydrogen-bond donors (Lipinski definition) is 1. The van der Waals surface area contributed by atoms with Crippen molar-refractivity contribution >= 4 is 26.3 Å². The first-order valence-corrected chi connectivity index (χ1v) is 8.24. The zero-order valence-electron chi connectivity index (χ0n) is 9.65. The van der Waals surface area contributed by atoms with Crippen LogP contribution in [0.4, 0.5) is 14.5 Å². The van der Waals surface area contributed by atoms with Crippen molar-refractivity contribution in [3.8, 4) is 0 Å². The largest absolute Gasteiger partial charge is 0.399 e. The average molecular weight is 297 g/mol. The molecule has 2 N–H and O–H groups in total. The van der Waals surface area contributed by atoms with Crippen molar-refractivity contribution in [3.05, 3.63) is 23.8 Å². The zero-order chi connectivity index (χ0) is 13.9. The van der Waals surface area contributed by atoms with Gasteiger partial charge in [-0.15, -0.1) is 0 Å². The second-order valence-corrected chi connectivity index (χ2v) is 7.58. The number of hydrogen-bond acceptors (Lipinski definition) is 4. The summed E-state index contributed by atoms with van der Waals surface area (Å²) in [7, 11) is -5.37. The molecule has 1 atom stereocenters. The van der Waals surface area contributed by atoms with Gasteiger partial charge in [0.2, 0.25) is 0 Å². The van der Waals surface area contributed by atoms with E-state index in [2.05, 4.69) is 0 Å². The Bertz CT molecular complexity index is 549. The van der Waals surface area contributed by atoms with Crippen molar-refractivity contribution in [2.75, 3.05) is 23.0 Å². The Hall–Kier alpha value is -1.02. The summed E-state index contributed by atoms with van der Waals surface area (Å²) in [4.78, 5) is -0.629. The van der Waals surface area contributed by atoms with Crippen molar-refractivity contribution in [1.29, 1.82) is 0 Å². The van der Waals surface area contributed by atoms with Crippen molar-refractivity contribution < 1.29 is 21.4 Å². The van der Waals surface area contributed by atoms with E-state index in [-0.39, 0.29) is 22.9 Å².